The monoisotopic (exact) mass is 377 g/mol. The van der Waals surface area contributed by atoms with E-state index in [0.29, 0.717) is 0 Å². The molecule has 1 aliphatic heterocycles. The lowest BCUT2D eigenvalue weighted by atomic mass is 9.94. The Balaban J connectivity index is 2.85. The van der Waals surface area contributed by atoms with Crippen LogP contribution < -0.4 is 5.32 Å². The molecule has 0 aromatic rings. The lowest BCUT2D eigenvalue weighted by Crippen LogP contribution is -2.64. The molecule has 0 bridgehead atoms. The van der Waals surface area contributed by atoms with Crippen LogP contribution in [0.25, 0.3) is 0 Å². The van der Waals surface area contributed by atoms with Gasteiger partial charge in [-0.05, 0) is 12.3 Å². The predicted molar refractivity (Wildman–Crippen MR) is 86.7 cm³/mol. The van der Waals surface area contributed by atoms with E-state index in [1.807, 2.05) is 13.8 Å². The number of aliphatic hydroxyl groups is 3. The van der Waals surface area contributed by atoms with Gasteiger partial charge in [0.2, 0.25) is 12.2 Å². The van der Waals surface area contributed by atoms with E-state index in [9.17, 15) is 34.8 Å². The standard InChI is InChI=1S/C16H27NO9/c1-7(2)4-9(15(23)24)5-11(20)26-16-12(17-8(3)19)14(22)13(21)10(6-18)25-16/h7,9-10,12-14,16,18,21-22H,4-6H2,1-3H3,(H,17,19)(H,23,24)/t9-,10-,12-,13-,14-,16+/m1/s1. The second-order valence-corrected chi connectivity index (χ2v) is 6.79. The first-order valence-corrected chi connectivity index (χ1v) is 8.38. The first kappa shape index (κ1) is 22.3. The zero-order valence-electron chi connectivity index (χ0n) is 15.0. The molecule has 6 atom stereocenters. The summed E-state index contributed by atoms with van der Waals surface area (Å²) >= 11 is 0. The average molecular weight is 377 g/mol. The van der Waals surface area contributed by atoms with Crippen LogP contribution in [-0.2, 0) is 23.9 Å². The van der Waals surface area contributed by atoms with Crippen molar-refractivity contribution in [3.05, 3.63) is 0 Å². The van der Waals surface area contributed by atoms with Gasteiger partial charge in [0, 0.05) is 6.92 Å². The lowest BCUT2D eigenvalue weighted by molar-refractivity contribution is -0.263. The van der Waals surface area contributed by atoms with Crippen LogP contribution in [-0.4, -0.2) is 75.5 Å². The number of carboxylic acid groups (broad SMARTS) is 1. The van der Waals surface area contributed by atoms with Crippen LogP contribution >= 0.6 is 0 Å². The molecule has 10 heteroatoms. The third kappa shape index (κ3) is 6.20. The lowest BCUT2D eigenvalue weighted by Gasteiger charge is -2.41. The van der Waals surface area contributed by atoms with Crippen LogP contribution in [0.4, 0.5) is 0 Å². The van der Waals surface area contributed by atoms with Crippen molar-refractivity contribution in [1.29, 1.82) is 0 Å². The molecule has 5 N–H and O–H groups in total. The highest BCUT2D eigenvalue weighted by Crippen LogP contribution is 2.24. The number of rotatable bonds is 8. The largest absolute Gasteiger partial charge is 0.481 e. The van der Waals surface area contributed by atoms with Crippen LogP contribution in [0.15, 0.2) is 0 Å². The summed E-state index contributed by atoms with van der Waals surface area (Å²) in [5.74, 6) is -3.48. The topological polar surface area (TPSA) is 163 Å². The Morgan fingerprint density at radius 2 is 1.81 bits per heavy atom. The third-order valence-corrected chi connectivity index (χ3v) is 4.02. The Labute approximate surface area is 151 Å². The van der Waals surface area contributed by atoms with Crippen LogP contribution in [0.2, 0.25) is 0 Å². The maximum atomic E-state index is 12.1. The highest BCUT2D eigenvalue weighted by Gasteiger charge is 2.46. The fourth-order valence-corrected chi connectivity index (χ4v) is 2.79. The van der Waals surface area contributed by atoms with Crippen LogP contribution in [0.5, 0.6) is 0 Å². The number of nitrogens with one attached hydrogen (secondary N) is 1. The Bertz CT molecular complexity index is 510. The van der Waals surface area contributed by atoms with Crippen molar-refractivity contribution in [2.24, 2.45) is 11.8 Å². The molecule has 0 aliphatic carbocycles. The average Bonchev–Trinajstić information content (AvgIpc) is 2.52. The highest BCUT2D eigenvalue weighted by atomic mass is 16.7. The van der Waals surface area contributed by atoms with Crippen molar-refractivity contribution >= 4 is 17.8 Å². The minimum atomic E-state index is -1.55. The first-order valence-electron chi connectivity index (χ1n) is 8.38. The zero-order valence-corrected chi connectivity index (χ0v) is 15.0. The maximum Gasteiger partial charge on any atom is 0.309 e. The van der Waals surface area contributed by atoms with Gasteiger partial charge in [0.05, 0.1) is 18.9 Å². The highest BCUT2D eigenvalue weighted by molar-refractivity contribution is 5.79. The molecule has 0 unspecified atom stereocenters. The second kappa shape index (κ2) is 9.81. The molecule has 1 aliphatic rings. The van der Waals surface area contributed by atoms with E-state index in [4.69, 9.17) is 9.47 Å². The molecule has 0 aromatic carbocycles. The first-order chi connectivity index (χ1) is 12.1. The van der Waals surface area contributed by atoms with E-state index in [0.717, 1.165) is 0 Å². The Morgan fingerprint density at radius 3 is 2.27 bits per heavy atom. The van der Waals surface area contributed by atoms with Gasteiger partial charge in [0.1, 0.15) is 24.4 Å². The number of aliphatic hydroxyl groups excluding tert-OH is 3. The molecule has 1 fully saturated rings. The summed E-state index contributed by atoms with van der Waals surface area (Å²) in [7, 11) is 0. The van der Waals surface area contributed by atoms with Crippen LogP contribution in [0.3, 0.4) is 0 Å². The van der Waals surface area contributed by atoms with Crippen molar-refractivity contribution in [3.8, 4) is 0 Å². The van der Waals surface area contributed by atoms with Crippen molar-refractivity contribution in [1.82, 2.24) is 5.32 Å². The Kier molecular flexibility index (Phi) is 8.41. The fraction of sp³-hybridized carbons (Fsp3) is 0.812. The number of hydrogen-bond acceptors (Lipinski definition) is 8. The maximum absolute atomic E-state index is 12.1. The molecule has 0 saturated carbocycles. The molecule has 0 spiro atoms. The summed E-state index contributed by atoms with van der Waals surface area (Å²) in [4.78, 5) is 34.7. The fourth-order valence-electron chi connectivity index (χ4n) is 2.79. The Morgan fingerprint density at radius 1 is 1.19 bits per heavy atom. The molecular formula is C16H27NO9. The summed E-state index contributed by atoms with van der Waals surface area (Å²) in [6, 6.07) is -1.26. The summed E-state index contributed by atoms with van der Waals surface area (Å²) in [5.41, 5.74) is 0. The summed E-state index contributed by atoms with van der Waals surface area (Å²) in [6.45, 7) is 4.16. The smallest absolute Gasteiger partial charge is 0.309 e. The van der Waals surface area contributed by atoms with Gasteiger partial charge in [-0.2, -0.15) is 0 Å². The molecule has 1 rings (SSSR count). The SMILES string of the molecule is CC(=O)N[C@H]1[C@H](OC(=O)C[C@@H](CC(C)C)C(=O)O)O[C@H](CO)[C@@H](O)[C@@H]1O. The van der Waals surface area contributed by atoms with Crippen molar-refractivity contribution < 1.29 is 44.3 Å². The van der Waals surface area contributed by atoms with Gasteiger partial charge in [0.15, 0.2) is 0 Å². The molecule has 0 radical (unpaired) electrons. The summed E-state index contributed by atoms with van der Waals surface area (Å²) in [5, 5.41) is 40.7. The van der Waals surface area contributed by atoms with Gasteiger partial charge in [-0.1, -0.05) is 13.8 Å². The van der Waals surface area contributed by atoms with Crippen molar-refractivity contribution in [3.63, 3.8) is 0 Å². The molecule has 1 saturated heterocycles. The number of ether oxygens (including phenoxy) is 2. The molecule has 1 amide bonds. The normalized spacial score (nSPS) is 29.9. The van der Waals surface area contributed by atoms with E-state index in [2.05, 4.69) is 5.32 Å². The van der Waals surface area contributed by atoms with Gasteiger partial charge < -0.3 is 35.2 Å². The van der Waals surface area contributed by atoms with Crippen molar-refractivity contribution in [2.45, 2.75) is 64.3 Å². The zero-order chi connectivity index (χ0) is 20.0. The molecule has 0 aromatic heterocycles. The van der Waals surface area contributed by atoms with E-state index < -0.39 is 67.4 Å². The van der Waals surface area contributed by atoms with Gasteiger partial charge in [-0.15, -0.1) is 0 Å². The minimum Gasteiger partial charge on any atom is -0.481 e. The van der Waals surface area contributed by atoms with Gasteiger partial charge >= 0.3 is 11.9 Å². The second-order valence-electron chi connectivity index (χ2n) is 6.79. The molecule has 26 heavy (non-hydrogen) atoms. The number of amides is 1. The van der Waals surface area contributed by atoms with Crippen molar-refractivity contribution in [2.75, 3.05) is 6.61 Å². The van der Waals surface area contributed by atoms with E-state index >= 15 is 0 Å². The summed E-state index contributed by atoms with van der Waals surface area (Å²) in [6.07, 6.45) is -5.89. The van der Waals surface area contributed by atoms with Crippen LogP contribution in [0.1, 0.15) is 33.6 Å². The number of hydrogen-bond donors (Lipinski definition) is 5. The number of carbonyl (C=O) groups excluding carboxylic acids is 2. The predicted octanol–water partition coefficient (Wildman–Crippen LogP) is -1.39. The van der Waals surface area contributed by atoms with Gasteiger partial charge in [0.25, 0.3) is 0 Å². The number of carbonyl (C=O) groups is 3. The van der Waals surface area contributed by atoms with E-state index in [1.165, 1.54) is 6.92 Å². The van der Waals surface area contributed by atoms with Gasteiger partial charge in [-0.3, -0.25) is 14.4 Å². The quantitative estimate of drug-likeness (QED) is 0.320. The minimum absolute atomic E-state index is 0.0534. The number of esters is 1. The number of carboxylic acids is 1. The number of aliphatic carboxylic acids is 1. The molecular weight excluding hydrogens is 350 g/mol. The summed E-state index contributed by atoms with van der Waals surface area (Å²) < 4.78 is 10.4. The third-order valence-electron chi connectivity index (χ3n) is 4.02. The molecule has 1 heterocycles. The van der Waals surface area contributed by atoms with E-state index in [-0.39, 0.29) is 12.3 Å². The van der Waals surface area contributed by atoms with E-state index in [1.54, 1.807) is 0 Å². The van der Waals surface area contributed by atoms with Gasteiger partial charge in [-0.25, -0.2) is 0 Å². The van der Waals surface area contributed by atoms with Crippen LogP contribution in [0, 0.1) is 11.8 Å². The molecule has 10 nitrogen and oxygen atoms in total. The Hall–Kier alpha value is -1.75. The molecule has 150 valence electrons.